The molecule has 1 aromatic heterocycles. The third-order valence-electron chi connectivity index (χ3n) is 3.14. The molecule has 0 radical (unpaired) electrons. The number of benzene rings is 2. The summed E-state index contributed by atoms with van der Waals surface area (Å²) in [4.78, 5) is 0. The highest BCUT2D eigenvalue weighted by Crippen LogP contribution is 2.21. The highest BCUT2D eigenvalue weighted by atomic mass is 35.5. The van der Waals surface area contributed by atoms with Gasteiger partial charge in [0.1, 0.15) is 0 Å². The smallest absolute Gasteiger partial charge is 0.182 e. The van der Waals surface area contributed by atoms with Gasteiger partial charge in [0.2, 0.25) is 0 Å². The van der Waals surface area contributed by atoms with E-state index in [0.29, 0.717) is 23.1 Å². The fourth-order valence-electron chi connectivity index (χ4n) is 2.22. The molecule has 2 aromatic carbocycles. The molecule has 3 rings (SSSR count). The van der Waals surface area contributed by atoms with Crippen molar-refractivity contribution < 1.29 is 0 Å². The summed E-state index contributed by atoms with van der Waals surface area (Å²) in [7, 11) is 0. The van der Waals surface area contributed by atoms with Gasteiger partial charge < -0.3 is 5.73 Å². The number of nitrogens with two attached hydrogens (primary N) is 1. The van der Waals surface area contributed by atoms with Crippen molar-refractivity contribution in [1.82, 2.24) is 20.2 Å². The van der Waals surface area contributed by atoms with Gasteiger partial charge in [-0.05, 0) is 58.8 Å². The molecule has 0 fully saturated rings. The van der Waals surface area contributed by atoms with Crippen LogP contribution in [0.5, 0.6) is 0 Å². The van der Waals surface area contributed by atoms with E-state index in [1.165, 1.54) is 0 Å². The average molecular weight is 300 g/mol. The third kappa shape index (κ3) is 3.03. The van der Waals surface area contributed by atoms with Crippen molar-refractivity contribution >= 4 is 17.3 Å². The first-order valence-electron chi connectivity index (χ1n) is 6.50. The van der Waals surface area contributed by atoms with E-state index in [1.54, 1.807) is 4.68 Å². The van der Waals surface area contributed by atoms with Crippen molar-refractivity contribution in [3.05, 3.63) is 58.6 Å². The zero-order chi connectivity index (χ0) is 14.8. The van der Waals surface area contributed by atoms with Gasteiger partial charge in [0, 0.05) is 16.3 Å². The molecule has 2 N–H and O–H groups in total. The summed E-state index contributed by atoms with van der Waals surface area (Å²) in [5, 5.41) is 12.6. The van der Waals surface area contributed by atoms with Crippen LogP contribution in [0.25, 0.3) is 11.4 Å². The van der Waals surface area contributed by atoms with E-state index in [1.807, 2.05) is 49.4 Å². The quantitative estimate of drug-likeness (QED) is 0.755. The lowest BCUT2D eigenvalue weighted by molar-refractivity contribution is 0.653. The predicted octanol–water partition coefficient (Wildman–Crippen LogP) is 2.93. The number of aryl methyl sites for hydroxylation is 1. The molecule has 3 aromatic rings. The Bertz CT molecular complexity index is 744. The number of aromatic nitrogens is 4. The van der Waals surface area contributed by atoms with Gasteiger partial charge >= 0.3 is 0 Å². The topological polar surface area (TPSA) is 69.6 Å². The van der Waals surface area contributed by atoms with Crippen LogP contribution in [0, 0.1) is 6.92 Å². The molecule has 106 valence electrons. The zero-order valence-electron chi connectivity index (χ0n) is 11.5. The number of anilines is 1. The first kappa shape index (κ1) is 13.6. The highest BCUT2D eigenvalue weighted by Gasteiger charge is 2.10. The minimum atomic E-state index is 0.577. The van der Waals surface area contributed by atoms with E-state index in [4.69, 9.17) is 17.3 Å². The molecule has 21 heavy (non-hydrogen) atoms. The first-order chi connectivity index (χ1) is 10.1. The molecule has 0 bridgehead atoms. The van der Waals surface area contributed by atoms with E-state index in [-0.39, 0.29) is 0 Å². The van der Waals surface area contributed by atoms with Crippen LogP contribution in [0.4, 0.5) is 5.69 Å². The summed E-state index contributed by atoms with van der Waals surface area (Å²) in [6.07, 6.45) is 0. The molecule has 1 heterocycles. The van der Waals surface area contributed by atoms with E-state index in [9.17, 15) is 0 Å². The monoisotopic (exact) mass is 299 g/mol. The van der Waals surface area contributed by atoms with Gasteiger partial charge in [-0.25, -0.2) is 4.68 Å². The van der Waals surface area contributed by atoms with Crippen LogP contribution in [-0.4, -0.2) is 20.2 Å². The lowest BCUT2D eigenvalue weighted by atomic mass is 10.1. The van der Waals surface area contributed by atoms with Crippen LogP contribution in [-0.2, 0) is 6.54 Å². The summed E-state index contributed by atoms with van der Waals surface area (Å²) in [5.74, 6) is 0.695. The number of rotatable bonds is 3. The number of halogens is 1. The summed E-state index contributed by atoms with van der Waals surface area (Å²) in [5.41, 5.74) is 9.65. The number of nitrogen functional groups attached to an aromatic ring is 1. The molecule has 0 atom stereocenters. The number of hydrogen-bond acceptors (Lipinski definition) is 4. The first-order valence-corrected chi connectivity index (χ1v) is 6.88. The Labute approximate surface area is 127 Å². The SMILES string of the molecule is Cc1cc(N)cc(-c2nnnn2Cc2ccc(Cl)cc2)c1. The zero-order valence-corrected chi connectivity index (χ0v) is 12.2. The molecule has 6 heteroatoms. The van der Waals surface area contributed by atoms with Crippen LogP contribution in [0.15, 0.2) is 42.5 Å². The second kappa shape index (κ2) is 5.54. The molecule has 0 aliphatic rings. The molecule has 5 nitrogen and oxygen atoms in total. The predicted molar refractivity (Wildman–Crippen MR) is 83.0 cm³/mol. The molecule has 0 aliphatic heterocycles. The summed E-state index contributed by atoms with van der Waals surface area (Å²) in [6.45, 7) is 2.57. The minimum absolute atomic E-state index is 0.577. The second-order valence-electron chi connectivity index (χ2n) is 4.92. The van der Waals surface area contributed by atoms with Crippen LogP contribution in [0.2, 0.25) is 5.02 Å². The van der Waals surface area contributed by atoms with Crippen molar-refractivity contribution in [3.8, 4) is 11.4 Å². The second-order valence-corrected chi connectivity index (χ2v) is 5.36. The molecule has 0 aliphatic carbocycles. The van der Waals surface area contributed by atoms with Crippen LogP contribution in [0.3, 0.4) is 0 Å². The Kier molecular flexibility index (Phi) is 3.58. The third-order valence-corrected chi connectivity index (χ3v) is 3.39. The Hall–Kier alpha value is -2.40. The highest BCUT2D eigenvalue weighted by molar-refractivity contribution is 6.30. The van der Waals surface area contributed by atoms with Crippen molar-refractivity contribution in [1.29, 1.82) is 0 Å². The number of hydrogen-bond donors (Lipinski definition) is 1. The van der Waals surface area contributed by atoms with Crippen molar-refractivity contribution in [3.63, 3.8) is 0 Å². The normalized spacial score (nSPS) is 10.8. The lowest BCUT2D eigenvalue weighted by Crippen LogP contribution is -2.04. The Balaban J connectivity index is 1.95. The fraction of sp³-hybridized carbons (Fsp3) is 0.133. The van der Waals surface area contributed by atoms with Crippen LogP contribution < -0.4 is 5.73 Å². The average Bonchev–Trinajstić information content (AvgIpc) is 2.88. The summed E-state index contributed by atoms with van der Waals surface area (Å²) in [6, 6.07) is 13.4. The molecule has 0 saturated carbocycles. The van der Waals surface area contributed by atoms with Crippen molar-refractivity contribution in [2.45, 2.75) is 13.5 Å². The van der Waals surface area contributed by atoms with E-state index < -0.39 is 0 Å². The van der Waals surface area contributed by atoms with Crippen LogP contribution in [0.1, 0.15) is 11.1 Å². The summed E-state index contributed by atoms with van der Waals surface area (Å²) < 4.78 is 1.75. The van der Waals surface area contributed by atoms with Gasteiger partial charge in [-0.2, -0.15) is 0 Å². The maximum absolute atomic E-state index is 5.89. The number of tetrazole rings is 1. The molecule has 0 amide bonds. The molecule has 0 spiro atoms. The Morgan fingerprint density at radius 3 is 2.62 bits per heavy atom. The molecular weight excluding hydrogens is 286 g/mol. The van der Waals surface area contributed by atoms with Gasteiger partial charge in [0.15, 0.2) is 5.82 Å². The van der Waals surface area contributed by atoms with Gasteiger partial charge in [-0.3, -0.25) is 0 Å². The van der Waals surface area contributed by atoms with Gasteiger partial charge in [0.05, 0.1) is 6.54 Å². The maximum Gasteiger partial charge on any atom is 0.182 e. The van der Waals surface area contributed by atoms with Crippen molar-refractivity contribution in [2.75, 3.05) is 5.73 Å². The minimum Gasteiger partial charge on any atom is -0.399 e. The van der Waals surface area contributed by atoms with Gasteiger partial charge in [-0.15, -0.1) is 5.10 Å². The van der Waals surface area contributed by atoms with E-state index in [0.717, 1.165) is 16.7 Å². The van der Waals surface area contributed by atoms with Crippen molar-refractivity contribution in [2.24, 2.45) is 0 Å². The Morgan fingerprint density at radius 1 is 1.14 bits per heavy atom. The lowest BCUT2D eigenvalue weighted by Gasteiger charge is -2.07. The number of nitrogens with zero attached hydrogens (tertiary/aromatic N) is 4. The molecule has 0 unspecified atom stereocenters. The molecule has 0 saturated heterocycles. The maximum atomic E-state index is 5.89. The van der Waals surface area contributed by atoms with E-state index >= 15 is 0 Å². The van der Waals surface area contributed by atoms with Gasteiger partial charge in [-0.1, -0.05) is 23.7 Å². The van der Waals surface area contributed by atoms with Crippen LogP contribution >= 0.6 is 11.6 Å². The fourth-order valence-corrected chi connectivity index (χ4v) is 2.35. The van der Waals surface area contributed by atoms with Gasteiger partial charge in [0.25, 0.3) is 0 Å². The van der Waals surface area contributed by atoms with E-state index in [2.05, 4.69) is 15.5 Å². The Morgan fingerprint density at radius 2 is 1.90 bits per heavy atom. The molecular formula is C15H14ClN5. The standard InChI is InChI=1S/C15H14ClN5/c1-10-6-12(8-14(17)7-10)15-18-19-20-21(15)9-11-2-4-13(16)5-3-11/h2-8H,9,17H2,1H3. The largest absolute Gasteiger partial charge is 0.399 e. The summed E-state index contributed by atoms with van der Waals surface area (Å²) >= 11 is 5.89.